The van der Waals surface area contributed by atoms with Gasteiger partial charge in [0.1, 0.15) is 24.2 Å². The zero-order valence-corrected chi connectivity index (χ0v) is 11.7. The first-order valence-corrected chi connectivity index (χ1v) is 6.91. The summed E-state index contributed by atoms with van der Waals surface area (Å²) in [7, 11) is 0. The molecule has 0 aliphatic heterocycles. The summed E-state index contributed by atoms with van der Waals surface area (Å²) in [5.74, 6) is 1.64. The number of aryl methyl sites for hydroxylation is 1. The van der Waals surface area contributed by atoms with Crippen LogP contribution in [0.3, 0.4) is 0 Å². The fraction of sp³-hybridized carbons (Fsp3) is 0.375. The monoisotopic (exact) mass is 275 g/mol. The van der Waals surface area contributed by atoms with Crippen LogP contribution in [0.15, 0.2) is 47.1 Å². The van der Waals surface area contributed by atoms with Crippen LogP contribution in [0.25, 0.3) is 0 Å². The highest BCUT2D eigenvalue weighted by molar-refractivity contribution is 5.27. The highest BCUT2D eigenvalue weighted by Crippen LogP contribution is 2.12. The third-order valence-corrected chi connectivity index (χ3v) is 3.03. The summed E-state index contributed by atoms with van der Waals surface area (Å²) in [6, 6.07) is 11.7. The number of nitrogens with one attached hydrogen (secondary N) is 1. The number of aliphatic hydroxyl groups excluding tert-OH is 1. The Hall–Kier alpha value is -1.78. The van der Waals surface area contributed by atoms with E-state index in [1.54, 1.807) is 6.26 Å². The van der Waals surface area contributed by atoms with E-state index in [9.17, 15) is 5.11 Å². The summed E-state index contributed by atoms with van der Waals surface area (Å²) in [5, 5.41) is 12.9. The molecule has 0 bridgehead atoms. The molecule has 20 heavy (non-hydrogen) atoms. The second-order valence-electron chi connectivity index (χ2n) is 4.67. The molecule has 1 atom stereocenters. The average molecular weight is 275 g/mol. The number of benzene rings is 1. The van der Waals surface area contributed by atoms with Gasteiger partial charge >= 0.3 is 0 Å². The summed E-state index contributed by atoms with van der Waals surface area (Å²) in [4.78, 5) is 0. The molecule has 0 aliphatic rings. The molecule has 0 fully saturated rings. The van der Waals surface area contributed by atoms with Crippen LogP contribution in [-0.2, 0) is 13.0 Å². The molecule has 4 nitrogen and oxygen atoms in total. The zero-order valence-electron chi connectivity index (χ0n) is 11.7. The van der Waals surface area contributed by atoms with Crippen LogP contribution in [0.1, 0.15) is 18.2 Å². The Morgan fingerprint density at radius 2 is 2.05 bits per heavy atom. The van der Waals surface area contributed by atoms with Gasteiger partial charge in [0.2, 0.25) is 0 Å². The van der Waals surface area contributed by atoms with Gasteiger partial charge in [-0.3, -0.25) is 0 Å². The van der Waals surface area contributed by atoms with Gasteiger partial charge in [-0.1, -0.05) is 19.1 Å². The van der Waals surface area contributed by atoms with E-state index in [-0.39, 0.29) is 6.61 Å². The lowest BCUT2D eigenvalue weighted by Crippen LogP contribution is -2.31. The minimum Gasteiger partial charge on any atom is -0.491 e. The Balaban J connectivity index is 1.65. The number of ether oxygens (including phenoxy) is 1. The molecule has 0 saturated carbocycles. The first-order valence-electron chi connectivity index (χ1n) is 6.91. The van der Waals surface area contributed by atoms with Gasteiger partial charge in [0.15, 0.2) is 0 Å². The fourth-order valence-electron chi connectivity index (χ4n) is 1.85. The normalized spacial score (nSPS) is 12.3. The summed E-state index contributed by atoms with van der Waals surface area (Å²) in [5.41, 5.74) is 1.28. The number of hydrogen-bond donors (Lipinski definition) is 2. The summed E-state index contributed by atoms with van der Waals surface area (Å²) in [6.45, 7) is 3.46. The number of aliphatic hydroxyl groups is 1. The highest BCUT2D eigenvalue weighted by Gasteiger charge is 2.05. The number of furan rings is 1. The lowest BCUT2D eigenvalue weighted by molar-refractivity contribution is 0.105. The minimum atomic E-state index is -0.546. The molecule has 2 rings (SSSR count). The van der Waals surface area contributed by atoms with Crippen LogP contribution in [0.4, 0.5) is 0 Å². The summed E-state index contributed by atoms with van der Waals surface area (Å²) < 4.78 is 10.7. The molecular weight excluding hydrogens is 254 g/mol. The van der Waals surface area contributed by atoms with E-state index in [0.29, 0.717) is 13.1 Å². The molecule has 1 heterocycles. The first kappa shape index (κ1) is 14.6. The third-order valence-electron chi connectivity index (χ3n) is 3.03. The molecule has 1 unspecified atom stereocenters. The maximum absolute atomic E-state index is 9.82. The van der Waals surface area contributed by atoms with Gasteiger partial charge in [-0.05, 0) is 36.2 Å². The molecule has 1 aromatic heterocycles. The van der Waals surface area contributed by atoms with Gasteiger partial charge in [0, 0.05) is 6.54 Å². The van der Waals surface area contributed by atoms with E-state index in [2.05, 4.69) is 12.2 Å². The zero-order chi connectivity index (χ0) is 14.2. The van der Waals surface area contributed by atoms with Gasteiger partial charge in [0.05, 0.1) is 12.8 Å². The molecule has 4 heteroatoms. The fourth-order valence-corrected chi connectivity index (χ4v) is 1.85. The van der Waals surface area contributed by atoms with E-state index in [1.807, 2.05) is 36.4 Å². The largest absolute Gasteiger partial charge is 0.491 e. The van der Waals surface area contributed by atoms with Gasteiger partial charge in [-0.25, -0.2) is 0 Å². The van der Waals surface area contributed by atoms with E-state index >= 15 is 0 Å². The second-order valence-corrected chi connectivity index (χ2v) is 4.67. The van der Waals surface area contributed by atoms with Crippen molar-refractivity contribution in [1.82, 2.24) is 5.32 Å². The maximum atomic E-state index is 9.82. The van der Waals surface area contributed by atoms with Gasteiger partial charge in [-0.15, -0.1) is 0 Å². The number of hydrogen-bond acceptors (Lipinski definition) is 4. The Labute approximate surface area is 119 Å². The Bertz CT molecular complexity index is 479. The Morgan fingerprint density at radius 3 is 2.70 bits per heavy atom. The van der Waals surface area contributed by atoms with Crippen molar-refractivity contribution in [3.05, 3.63) is 54.0 Å². The van der Waals surface area contributed by atoms with E-state index in [4.69, 9.17) is 9.15 Å². The van der Waals surface area contributed by atoms with Crippen molar-refractivity contribution in [2.75, 3.05) is 13.2 Å². The molecule has 1 aromatic carbocycles. The van der Waals surface area contributed by atoms with Gasteiger partial charge in [-0.2, -0.15) is 0 Å². The van der Waals surface area contributed by atoms with Crippen molar-refractivity contribution in [2.45, 2.75) is 26.0 Å². The Kier molecular flexibility index (Phi) is 5.65. The molecule has 0 spiro atoms. The van der Waals surface area contributed by atoms with E-state index in [1.165, 1.54) is 5.56 Å². The van der Waals surface area contributed by atoms with Crippen molar-refractivity contribution in [2.24, 2.45) is 0 Å². The first-order chi connectivity index (χ1) is 9.78. The molecule has 2 aromatic rings. The lowest BCUT2D eigenvalue weighted by atomic mass is 10.2. The molecule has 108 valence electrons. The SMILES string of the molecule is CCc1ccc(OCC(O)CNCc2ccco2)cc1. The predicted octanol–water partition coefficient (Wildman–Crippen LogP) is 2.37. The van der Waals surface area contributed by atoms with E-state index < -0.39 is 6.10 Å². The molecule has 0 aliphatic carbocycles. The topological polar surface area (TPSA) is 54.6 Å². The average Bonchev–Trinajstić information content (AvgIpc) is 2.99. The van der Waals surface area contributed by atoms with Gasteiger partial charge in [0.25, 0.3) is 0 Å². The lowest BCUT2D eigenvalue weighted by Gasteiger charge is -2.13. The molecule has 0 amide bonds. The van der Waals surface area contributed by atoms with Gasteiger partial charge < -0.3 is 19.6 Å². The Morgan fingerprint density at radius 1 is 1.25 bits per heavy atom. The van der Waals surface area contributed by atoms with Crippen LogP contribution < -0.4 is 10.1 Å². The molecule has 2 N–H and O–H groups in total. The quantitative estimate of drug-likeness (QED) is 0.776. The molecule has 0 radical (unpaired) electrons. The van der Waals surface area contributed by atoms with Crippen molar-refractivity contribution in [3.63, 3.8) is 0 Å². The maximum Gasteiger partial charge on any atom is 0.119 e. The van der Waals surface area contributed by atoms with Crippen molar-refractivity contribution in [1.29, 1.82) is 0 Å². The third kappa shape index (κ3) is 4.72. The predicted molar refractivity (Wildman–Crippen MR) is 77.7 cm³/mol. The molecule has 0 saturated heterocycles. The van der Waals surface area contributed by atoms with Crippen LogP contribution in [0.5, 0.6) is 5.75 Å². The van der Waals surface area contributed by atoms with Crippen LogP contribution in [0.2, 0.25) is 0 Å². The van der Waals surface area contributed by atoms with E-state index in [0.717, 1.165) is 17.9 Å². The highest BCUT2D eigenvalue weighted by atomic mass is 16.5. The van der Waals surface area contributed by atoms with Crippen LogP contribution in [-0.4, -0.2) is 24.4 Å². The number of rotatable bonds is 8. The second kappa shape index (κ2) is 7.72. The van der Waals surface area contributed by atoms with Crippen molar-refractivity contribution in [3.8, 4) is 5.75 Å². The van der Waals surface area contributed by atoms with Crippen LogP contribution in [0, 0.1) is 0 Å². The van der Waals surface area contributed by atoms with Crippen LogP contribution >= 0.6 is 0 Å². The van der Waals surface area contributed by atoms with Crippen molar-refractivity contribution >= 4 is 0 Å². The summed E-state index contributed by atoms with van der Waals surface area (Å²) in [6.07, 6.45) is 2.10. The smallest absolute Gasteiger partial charge is 0.119 e. The summed E-state index contributed by atoms with van der Waals surface area (Å²) >= 11 is 0. The minimum absolute atomic E-state index is 0.274. The van der Waals surface area contributed by atoms with Crippen molar-refractivity contribution < 1.29 is 14.3 Å². The standard InChI is InChI=1S/C16H21NO3/c1-2-13-5-7-15(8-6-13)20-12-14(18)10-17-11-16-4-3-9-19-16/h3-9,14,17-18H,2,10-12H2,1H3. The molecular formula is C16H21NO3.